The molecule has 2 N–H and O–H groups in total. The number of urea groups is 1. The molecule has 0 unspecified atom stereocenters. The van der Waals surface area contributed by atoms with Crippen LogP contribution in [-0.2, 0) is 0 Å². The second-order valence-corrected chi connectivity index (χ2v) is 8.15. The zero-order valence-corrected chi connectivity index (χ0v) is 18.9. The van der Waals surface area contributed by atoms with E-state index in [0.717, 1.165) is 47.9 Å². The number of fused-ring (bicyclic) bond motifs is 1. The molecule has 0 spiro atoms. The van der Waals surface area contributed by atoms with Crippen LogP contribution in [0.3, 0.4) is 0 Å². The van der Waals surface area contributed by atoms with E-state index in [9.17, 15) is 4.79 Å². The van der Waals surface area contributed by atoms with Gasteiger partial charge in [-0.1, -0.05) is 42.9 Å². The number of nitrogens with one attached hydrogen (secondary N) is 2. The quantitative estimate of drug-likeness (QED) is 0.489. The Hall–Kier alpha value is -2.71. The first-order valence-corrected chi connectivity index (χ1v) is 11.2. The van der Waals surface area contributed by atoms with Gasteiger partial charge in [0, 0.05) is 19.3 Å². The van der Waals surface area contributed by atoms with Gasteiger partial charge in [0.05, 0.1) is 0 Å². The first-order chi connectivity index (χ1) is 14.5. The van der Waals surface area contributed by atoms with Gasteiger partial charge in [0.2, 0.25) is 0 Å². The molecule has 0 bridgehead atoms. The molecule has 0 saturated heterocycles. The SMILES string of the molecule is CCN(CC)CCCNC(=O)Nc1nc2ccc(N(C)c3ccc(C)cc3)nc2s1. The molecule has 1 aromatic carbocycles. The summed E-state index contributed by atoms with van der Waals surface area (Å²) in [6.45, 7) is 10.0. The van der Waals surface area contributed by atoms with Crippen LogP contribution in [0, 0.1) is 6.92 Å². The highest BCUT2D eigenvalue weighted by molar-refractivity contribution is 7.22. The Bertz CT molecular complexity index is 967. The van der Waals surface area contributed by atoms with Crippen LogP contribution in [0.2, 0.25) is 0 Å². The van der Waals surface area contributed by atoms with Gasteiger partial charge >= 0.3 is 6.03 Å². The summed E-state index contributed by atoms with van der Waals surface area (Å²) in [5, 5.41) is 6.27. The lowest BCUT2D eigenvalue weighted by Gasteiger charge is -2.18. The number of anilines is 3. The van der Waals surface area contributed by atoms with Gasteiger partial charge in [-0.05, 0) is 57.2 Å². The maximum atomic E-state index is 12.2. The van der Waals surface area contributed by atoms with Crippen molar-refractivity contribution in [1.82, 2.24) is 20.2 Å². The predicted molar refractivity (Wildman–Crippen MR) is 126 cm³/mol. The summed E-state index contributed by atoms with van der Waals surface area (Å²) in [5.41, 5.74) is 3.07. The van der Waals surface area contributed by atoms with E-state index < -0.39 is 0 Å². The molecular weight excluding hydrogens is 396 g/mol. The number of hydrogen-bond acceptors (Lipinski definition) is 6. The predicted octanol–water partition coefficient (Wildman–Crippen LogP) is 4.62. The molecule has 7 nitrogen and oxygen atoms in total. The largest absolute Gasteiger partial charge is 0.338 e. The second-order valence-electron chi connectivity index (χ2n) is 7.17. The van der Waals surface area contributed by atoms with Crippen molar-refractivity contribution in [3.63, 3.8) is 0 Å². The molecule has 30 heavy (non-hydrogen) atoms. The van der Waals surface area contributed by atoms with Crippen molar-refractivity contribution in [2.24, 2.45) is 0 Å². The minimum absolute atomic E-state index is 0.231. The third kappa shape index (κ3) is 5.67. The molecule has 2 heterocycles. The van der Waals surface area contributed by atoms with Gasteiger partial charge in [-0.2, -0.15) is 0 Å². The van der Waals surface area contributed by atoms with Gasteiger partial charge in [0.25, 0.3) is 0 Å². The lowest BCUT2D eigenvalue weighted by molar-refractivity contribution is 0.250. The minimum atomic E-state index is -0.231. The monoisotopic (exact) mass is 426 g/mol. The Labute approximate surface area is 182 Å². The molecule has 0 aliphatic rings. The number of hydrogen-bond donors (Lipinski definition) is 2. The lowest BCUT2D eigenvalue weighted by atomic mass is 10.2. The smallest absolute Gasteiger partial charge is 0.321 e. The molecule has 3 rings (SSSR count). The molecule has 2 aromatic heterocycles. The van der Waals surface area contributed by atoms with Gasteiger partial charge < -0.3 is 15.1 Å². The van der Waals surface area contributed by atoms with Crippen molar-refractivity contribution >= 4 is 44.4 Å². The maximum Gasteiger partial charge on any atom is 0.321 e. The first kappa shape index (κ1) is 22.0. The van der Waals surface area contributed by atoms with Crippen LogP contribution in [0.25, 0.3) is 10.3 Å². The highest BCUT2D eigenvalue weighted by Crippen LogP contribution is 2.29. The fourth-order valence-corrected chi connectivity index (χ4v) is 3.96. The number of amides is 2. The summed E-state index contributed by atoms with van der Waals surface area (Å²) in [6.07, 6.45) is 0.922. The molecule has 160 valence electrons. The molecule has 0 aliphatic heterocycles. The van der Waals surface area contributed by atoms with E-state index in [-0.39, 0.29) is 6.03 Å². The molecule has 0 fully saturated rings. The van der Waals surface area contributed by atoms with Crippen LogP contribution in [0.4, 0.5) is 21.4 Å². The van der Waals surface area contributed by atoms with Crippen molar-refractivity contribution in [1.29, 1.82) is 0 Å². The number of pyridine rings is 1. The molecular formula is C22H30N6OS. The average molecular weight is 427 g/mol. The first-order valence-electron chi connectivity index (χ1n) is 10.3. The molecule has 0 saturated carbocycles. The summed E-state index contributed by atoms with van der Waals surface area (Å²) in [5.74, 6) is 0.836. The lowest BCUT2D eigenvalue weighted by Crippen LogP contribution is -2.32. The number of nitrogens with zero attached hydrogens (tertiary/aromatic N) is 4. The number of aryl methyl sites for hydroxylation is 1. The van der Waals surface area contributed by atoms with Crippen LogP contribution < -0.4 is 15.5 Å². The highest BCUT2D eigenvalue weighted by atomic mass is 32.1. The minimum Gasteiger partial charge on any atom is -0.338 e. The third-order valence-electron chi connectivity index (χ3n) is 5.06. The Kier molecular flexibility index (Phi) is 7.59. The number of aromatic nitrogens is 2. The Balaban J connectivity index is 1.59. The number of carbonyl (C=O) groups is 1. The van der Waals surface area contributed by atoms with Crippen molar-refractivity contribution in [3.8, 4) is 0 Å². The topological polar surface area (TPSA) is 73.4 Å². The number of benzene rings is 1. The van der Waals surface area contributed by atoms with Crippen molar-refractivity contribution < 1.29 is 4.79 Å². The average Bonchev–Trinajstić information content (AvgIpc) is 3.15. The standard InChI is InChI=1S/C22H30N6OS/c1-5-28(6-2)15-7-14-23-21(29)26-22-24-18-12-13-19(25-20(18)30-22)27(4)17-10-8-16(3)9-11-17/h8-13H,5-7,14-15H2,1-4H3,(H2,23,24,26,29). The molecule has 0 atom stereocenters. The van der Waals surface area contributed by atoms with E-state index >= 15 is 0 Å². The number of thiazole rings is 1. The summed E-state index contributed by atoms with van der Waals surface area (Å²) in [4.78, 5) is 26.5. The molecule has 2 amide bonds. The summed E-state index contributed by atoms with van der Waals surface area (Å²) in [6, 6.07) is 12.0. The van der Waals surface area contributed by atoms with Gasteiger partial charge in [-0.25, -0.2) is 14.8 Å². The zero-order chi connectivity index (χ0) is 21.5. The van der Waals surface area contributed by atoms with Crippen LogP contribution in [0.15, 0.2) is 36.4 Å². The maximum absolute atomic E-state index is 12.2. The number of rotatable bonds is 9. The van der Waals surface area contributed by atoms with Crippen LogP contribution in [-0.4, -0.2) is 54.1 Å². The van der Waals surface area contributed by atoms with E-state index in [1.165, 1.54) is 16.9 Å². The molecule has 0 aliphatic carbocycles. The molecule has 8 heteroatoms. The summed E-state index contributed by atoms with van der Waals surface area (Å²) < 4.78 is 0. The van der Waals surface area contributed by atoms with Crippen molar-refractivity contribution in [2.75, 3.05) is 43.4 Å². The van der Waals surface area contributed by atoms with E-state index in [0.29, 0.717) is 11.7 Å². The van der Waals surface area contributed by atoms with Gasteiger partial charge in [0.15, 0.2) is 5.13 Å². The number of carbonyl (C=O) groups excluding carboxylic acids is 1. The van der Waals surface area contributed by atoms with Crippen molar-refractivity contribution in [3.05, 3.63) is 42.0 Å². The Morgan fingerprint density at radius 3 is 2.50 bits per heavy atom. The van der Waals surface area contributed by atoms with Crippen LogP contribution in [0.5, 0.6) is 0 Å². The fourth-order valence-electron chi connectivity index (χ4n) is 3.13. The van der Waals surface area contributed by atoms with E-state index in [1.54, 1.807) is 0 Å². The van der Waals surface area contributed by atoms with Crippen LogP contribution in [0.1, 0.15) is 25.8 Å². The van der Waals surface area contributed by atoms with Crippen LogP contribution >= 0.6 is 11.3 Å². The Morgan fingerprint density at radius 2 is 1.80 bits per heavy atom. The zero-order valence-electron chi connectivity index (χ0n) is 18.1. The van der Waals surface area contributed by atoms with Gasteiger partial charge in [-0.3, -0.25) is 5.32 Å². The van der Waals surface area contributed by atoms with Gasteiger partial charge in [-0.15, -0.1) is 0 Å². The van der Waals surface area contributed by atoms with E-state index in [4.69, 9.17) is 4.98 Å². The molecule has 3 aromatic rings. The molecule has 0 radical (unpaired) electrons. The highest BCUT2D eigenvalue weighted by Gasteiger charge is 2.12. The Morgan fingerprint density at radius 1 is 1.07 bits per heavy atom. The summed E-state index contributed by atoms with van der Waals surface area (Å²) >= 11 is 1.38. The summed E-state index contributed by atoms with van der Waals surface area (Å²) in [7, 11) is 1.99. The van der Waals surface area contributed by atoms with E-state index in [2.05, 4.69) is 65.6 Å². The second kappa shape index (κ2) is 10.4. The third-order valence-corrected chi connectivity index (χ3v) is 5.94. The van der Waals surface area contributed by atoms with Gasteiger partial charge in [0.1, 0.15) is 16.2 Å². The van der Waals surface area contributed by atoms with E-state index in [1.807, 2.05) is 24.1 Å². The van der Waals surface area contributed by atoms with Crippen molar-refractivity contribution in [2.45, 2.75) is 27.2 Å². The normalized spacial score (nSPS) is 11.1. The fraction of sp³-hybridized carbons (Fsp3) is 0.409.